The molecule has 1 atom stereocenters. The van der Waals surface area contributed by atoms with E-state index in [1.807, 2.05) is 47.4 Å². The predicted octanol–water partition coefficient (Wildman–Crippen LogP) is 6.24. The molecule has 2 amide bonds. The Labute approximate surface area is 222 Å². The van der Waals surface area contributed by atoms with Gasteiger partial charge in [0.2, 0.25) is 11.8 Å². The summed E-state index contributed by atoms with van der Waals surface area (Å²) in [6.45, 7) is 6.59. The molecule has 0 unspecified atom stereocenters. The van der Waals surface area contributed by atoms with Crippen molar-refractivity contribution in [3.63, 3.8) is 0 Å². The number of benzene rings is 3. The number of nitrogens with one attached hydrogen (secondary N) is 1. The predicted molar refractivity (Wildman–Crippen MR) is 150 cm³/mol. The van der Waals surface area contributed by atoms with Crippen molar-refractivity contribution in [2.75, 3.05) is 0 Å². The maximum Gasteiger partial charge on any atom is 0.243 e. The summed E-state index contributed by atoms with van der Waals surface area (Å²) >= 11 is 0. The summed E-state index contributed by atoms with van der Waals surface area (Å²) in [6, 6.07) is 24.1. The first-order valence-corrected chi connectivity index (χ1v) is 13.6. The fourth-order valence-electron chi connectivity index (χ4n) is 5.52. The number of hydrogen-bond acceptors (Lipinski definition) is 2. The first kappa shape index (κ1) is 26.7. The van der Waals surface area contributed by atoms with E-state index in [4.69, 9.17) is 0 Å². The Morgan fingerprint density at radius 3 is 2.16 bits per heavy atom. The van der Waals surface area contributed by atoms with Gasteiger partial charge in [-0.05, 0) is 55.9 Å². The van der Waals surface area contributed by atoms with Gasteiger partial charge in [-0.15, -0.1) is 0 Å². The highest BCUT2D eigenvalue weighted by Gasteiger charge is 2.32. The number of carbonyl (C=O) groups is 2. The van der Waals surface area contributed by atoms with Crippen LogP contribution in [-0.2, 0) is 29.0 Å². The summed E-state index contributed by atoms with van der Waals surface area (Å²) in [6.07, 6.45) is 6.31. The van der Waals surface area contributed by atoms with Crippen molar-refractivity contribution in [3.8, 4) is 0 Å². The Balaban J connectivity index is 1.68. The van der Waals surface area contributed by atoms with E-state index in [9.17, 15) is 9.59 Å². The van der Waals surface area contributed by atoms with Gasteiger partial charge < -0.3 is 10.2 Å². The topological polar surface area (TPSA) is 49.4 Å². The van der Waals surface area contributed by atoms with E-state index in [0.29, 0.717) is 13.0 Å². The normalized spacial score (nSPS) is 14.7. The lowest BCUT2D eigenvalue weighted by Gasteiger charge is -2.34. The van der Waals surface area contributed by atoms with E-state index in [2.05, 4.69) is 56.4 Å². The molecule has 37 heavy (non-hydrogen) atoms. The summed E-state index contributed by atoms with van der Waals surface area (Å²) in [5.74, 6) is -0.0638. The molecule has 4 heteroatoms. The minimum Gasteiger partial charge on any atom is -0.352 e. The third kappa shape index (κ3) is 7.55. The highest BCUT2D eigenvalue weighted by molar-refractivity contribution is 5.89. The van der Waals surface area contributed by atoms with Crippen LogP contribution in [0.1, 0.15) is 65.5 Å². The van der Waals surface area contributed by atoms with E-state index in [0.717, 1.165) is 59.1 Å². The van der Waals surface area contributed by atoms with Gasteiger partial charge in [0.15, 0.2) is 0 Å². The number of nitrogens with zero attached hydrogens (tertiary/aromatic N) is 1. The van der Waals surface area contributed by atoms with E-state index >= 15 is 0 Å². The van der Waals surface area contributed by atoms with Crippen molar-refractivity contribution in [1.29, 1.82) is 0 Å². The lowest BCUT2D eigenvalue weighted by atomic mass is 9.94. The monoisotopic (exact) mass is 496 g/mol. The smallest absolute Gasteiger partial charge is 0.243 e. The average molecular weight is 497 g/mol. The molecular weight excluding hydrogens is 456 g/mol. The number of rotatable bonds is 9. The van der Waals surface area contributed by atoms with E-state index in [1.54, 1.807) is 0 Å². The second-order valence-electron chi connectivity index (χ2n) is 10.7. The summed E-state index contributed by atoms with van der Waals surface area (Å²) in [5, 5.41) is 3.32. The van der Waals surface area contributed by atoms with Gasteiger partial charge in [-0.1, -0.05) is 103 Å². The molecule has 0 radical (unpaired) electrons. The van der Waals surface area contributed by atoms with Gasteiger partial charge in [0.25, 0.3) is 0 Å². The Hall–Kier alpha value is -3.40. The van der Waals surface area contributed by atoms with Crippen LogP contribution < -0.4 is 5.32 Å². The minimum atomic E-state index is -0.581. The fraction of sp³-hybridized carbons (Fsp3) is 0.394. The largest absolute Gasteiger partial charge is 0.352 e. The van der Waals surface area contributed by atoms with Crippen molar-refractivity contribution in [2.24, 2.45) is 0 Å². The van der Waals surface area contributed by atoms with Crippen LogP contribution in [0.4, 0.5) is 0 Å². The number of hydrogen-bond donors (Lipinski definition) is 1. The highest BCUT2D eigenvalue weighted by Crippen LogP contribution is 2.21. The number of amides is 2. The standard InChI is InChI=1S/C33H40N2O2/c1-24-18-25(2)20-28(19-24)22-32(36)35(23-29-15-11-10-12-26(29)3)31(21-27-13-6-4-7-14-27)33(37)34-30-16-8-5-9-17-30/h4,6-7,10-15,18-20,30-31H,5,8-9,16-17,21-23H2,1-3H3,(H,34,37)/t31-/m1/s1. The molecular formula is C33H40N2O2. The SMILES string of the molecule is Cc1cc(C)cc(CC(=O)N(Cc2ccccc2C)[C@H](Cc2ccccc2)C(=O)NC2CCCCC2)c1. The molecule has 0 spiro atoms. The molecule has 3 aromatic carbocycles. The van der Waals surface area contributed by atoms with Crippen molar-refractivity contribution in [1.82, 2.24) is 10.2 Å². The number of aryl methyl sites for hydroxylation is 3. The van der Waals surface area contributed by atoms with Crippen LogP contribution >= 0.6 is 0 Å². The van der Waals surface area contributed by atoms with Crippen molar-refractivity contribution < 1.29 is 9.59 Å². The zero-order valence-corrected chi connectivity index (χ0v) is 22.5. The lowest BCUT2D eigenvalue weighted by molar-refractivity contribution is -0.141. The average Bonchev–Trinajstić information content (AvgIpc) is 2.87. The maximum atomic E-state index is 14.0. The number of carbonyl (C=O) groups excluding carboxylic acids is 2. The van der Waals surface area contributed by atoms with Crippen LogP contribution in [0.5, 0.6) is 0 Å². The van der Waals surface area contributed by atoms with E-state index in [-0.39, 0.29) is 24.3 Å². The molecule has 1 N–H and O–H groups in total. The molecule has 0 bridgehead atoms. The van der Waals surface area contributed by atoms with Gasteiger partial charge in [0.1, 0.15) is 6.04 Å². The first-order valence-electron chi connectivity index (χ1n) is 13.6. The molecule has 0 heterocycles. The van der Waals surface area contributed by atoms with Crippen LogP contribution in [0.2, 0.25) is 0 Å². The molecule has 1 aliphatic rings. The molecule has 1 fully saturated rings. The van der Waals surface area contributed by atoms with Gasteiger partial charge in [0.05, 0.1) is 6.42 Å². The Bertz CT molecular complexity index is 1180. The minimum absolute atomic E-state index is 0.0204. The van der Waals surface area contributed by atoms with Crippen LogP contribution in [0.25, 0.3) is 0 Å². The molecule has 4 nitrogen and oxygen atoms in total. The van der Waals surface area contributed by atoms with E-state index < -0.39 is 6.04 Å². The molecule has 4 rings (SSSR count). The van der Waals surface area contributed by atoms with Crippen LogP contribution in [0, 0.1) is 20.8 Å². The second-order valence-corrected chi connectivity index (χ2v) is 10.7. The van der Waals surface area contributed by atoms with Crippen LogP contribution in [0.15, 0.2) is 72.8 Å². The molecule has 1 aliphatic carbocycles. The third-order valence-electron chi connectivity index (χ3n) is 7.46. The lowest BCUT2D eigenvalue weighted by Crippen LogP contribution is -2.53. The zero-order valence-electron chi connectivity index (χ0n) is 22.5. The fourth-order valence-corrected chi connectivity index (χ4v) is 5.52. The van der Waals surface area contributed by atoms with Gasteiger partial charge in [0, 0.05) is 19.0 Å². The summed E-state index contributed by atoms with van der Waals surface area (Å²) in [5.41, 5.74) is 6.52. The van der Waals surface area contributed by atoms with Crippen LogP contribution in [-0.4, -0.2) is 28.8 Å². The van der Waals surface area contributed by atoms with Gasteiger partial charge in [-0.2, -0.15) is 0 Å². The first-order chi connectivity index (χ1) is 17.9. The van der Waals surface area contributed by atoms with Gasteiger partial charge in [-0.25, -0.2) is 0 Å². The van der Waals surface area contributed by atoms with Gasteiger partial charge >= 0.3 is 0 Å². The molecule has 1 saturated carbocycles. The van der Waals surface area contributed by atoms with Crippen molar-refractivity contribution in [3.05, 3.63) is 106 Å². The third-order valence-corrected chi connectivity index (χ3v) is 7.46. The summed E-state index contributed by atoms with van der Waals surface area (Å²) < 4.78 is 0. The summed E-state index contributed by atoms with van der Waals surface area (Å²) in [4.78, 5) is 29.7. The Kier molecular flexibility index (Phi) is 9.16. The van der Waals surface area contributed by atoms with Crippen molar-refractivity contribution in [2.45, 2.75) is 84.3 Å². The second kappa shape index (κ2) is 12.7. The quantitative estimate of drug-likeness (QED) is 0.381. The molecule has 0 saturated heterocycles. The Morgan fingerprint density at radius 1 is 0.838 bits per heavy atom. The molecule has 3 aromatic rings. The van der Waals surface area contributed by atoms with Crippen LogP contribution in [0.3, 0.4) is 0 Å². The Morgan fingerprint density at radius 2 is 1.49 bits per heavy atom. The maximum absolute atomic E-state index is 14.0. The molecule has 0 aromatic heterocycles. The zero-order chi connectivity index (χ0) is 26.2. The van der Waals surface area contributed by atoms with E-state index in [1.165, 1.54) is 6.42 Å². The van der Waals surface area contributed by atoms with Crippen molar-refractivity contribution >= 4 is 11.8 Å². The summed E-state index contributed by atoms with van der Waals surface area (Å²) in [7, 11) is 0. The molecule has 194 valence electrons. The van der Waals surface area contributed by atoms with Gasteiger partial charge in [-0.3, -0.25) is 9.59 Å². The highest BCUT2D eigenvalue weighted by atomic mass is 16.2. The molecule has 0 aliphatic heterocycles.